The molecule has 1 N–H and O–H groups in total. The Morgan fingerprint density at radius 2 is 1.82 bits per heavy atom. The molecule has 2 aromatic rings. The number of nitrogens with zero attached hydrogens (tertiary/aromatic N) is 3. The van der Waals surface area contributed by atoms with Crippen LogP contribution < -0.4 is 5.32 Å². The highest BCUT2D eigenvalue weighted by atomic mass is 32.1. The van der Waals surface area contributed by atoms with E-state index < -0.39 is 5.54 Å². The largest absolute Gasteiger partial charge is 0.351 e. The summed E-state index contributed by atoms with van der Waals surface area (Å²) in [4.78, 5) is 32.1. The van der Waals surface area contributed by atoms with Crippen LogP contribution in [0.25, 0.3) is 10.2 Å². The van der Waals surface area contributed by atoms with Crippen molar-refractivity contribution in [1.82, 2.24) is 19.7 Å². The van der Waals surface area contributed by atoms with E-state index in [4.69, 9.17) is 0 Å². The zero-order valence-corrected chi connectivity index (χ0v) is 21.8. The second kappa shape index (κ2) is 9.65. The SMILES string of the molecule is C[C@@H]1CCC[C@H](C)N1CCCN1C(=O)c2cc3sccc3n2C[C@]1(C)C(=O)NC1CCCCC1. The van der Waals surface area contributed by atoms with Gasteiger partial charge in [-0.15, -0.1) is 11.3 Å². The van der Waals surface area contributed by atoms with Crippen molar-refractivity contribution in [2.24, 2.45) is 0 Å². The summed E-state index contributed by atoms with van der Waals surface area (Å²) >= 11 is 1.66. The third-order valence-electron chi connectivity index (χ3n) is 8.65. The lowest BCUT2D eigenvalue weighted by molar-refractivity contribution is -0.133. The van der Waals surface area contributed by atoms with Crippen LogP contribution >= 0.6 is 11.3 Å². The first kappa shape index (κ1) is 23.9. The summed E-state index contributed by atoms with van der Waals surface area (Å²) in [6.45, 7) is 8.73. The highest BCUT2D eigenvalue weighted by molar-refractivity contribution is 7.17. The van der Waals surface area contributed by atoms with E-state index in [9.17, 15) is 9.59 Å². The quantitative estimate of drug-likeness (QED) is 0.626. The van der Waals surface area contributed by atoms with Gasteiger partial charge in [-0.3, -0.25) is 14.5 Å². The van der Waals surface area contributed by atoms with Crippen LogP contribution in [0.3, 0.4) is 0 Å². The molecule has 3 atom stereocenters. The molecule has 0 radical (unpaired) electrons. The highest BCUT2D eigenvalue weighted by Gasteiger charge is 2.48. The molecule has 7 heteroatoms. The van der Waals surface area contributed by atoms with Crippen molar-refractivity contribution in [3.63, 3.8) is 0 Å². The van der Waals surface area contributed by atoms with Gasteiger partial charge in [0.05, 0.1) is 16.8 Å². The maximum atomic E-state index is 13.8. The maximum Gasteiger partial charge on any atom is 0.271 e. The fraction of sp³-hybridized carbons (Fsp3) is 0.704. The molecule has 2 amide bonds. The summed E-state index contributed by atoms with van der Waals surface area (Å²) in [7, 11) is 0. The number of carbonyl (C=O) groups is 2. The summed E-state index contributed by atoms with van der Waals surface area (Å²) in [5.74, 6) is 0.00544. The monoisotopic (exact) mass is 484 g/mol. The third-order valence-corrected chi connectivity index (χ3v) is 9.51. The minimum atomic E-state index is -0.880. The molecule has 0 bridgehead atoms. The minimum absolute atomic E-state index is 0.00400. The Morgan fingerprint density at radius 1 is 1.09 bits per heavy atom. The molecule has 1 aliphatic carbocycles. The van der Waals surface area contributed by atoms with Crippen molar-refractivity contribution in [1.29, 1.82) is 0 Å². The van der Waals surface area contributed by atoms with Gasteiger partial charge < -0.3 is 14.8 Å². The number of fused-ring (bicyclic) bond motifs is 3. The van der Waals surface area contributed by atoms with E-state index in [-0.39, 0.29) is 17.9 Å². The molecular weight excluding hydrogens is 444 g/mol. The van der Waals surface area contributed by atoms with Gasteiger partial charge in [-0.2, -0.15) is 0 Å². The summed E-state index contributed by atoms with van der Waals surface area (Å²) in [5.41, 5.74) is 0.916. The number of carbonyl (C=O) groups excluding carboxylic acids is 2. The van der Waals surface area contributed by atoms with Gasteiger partial charge in [-0.25, -0.2) is 0 Å². The average molecular weight is 485 g/mol. The van der Waals surface area contributed by atoms with E-state index in [1.54, 1.807) is 11.3 Å². The Kier molecular flexibility index (Phi) is 6.77. The Hall–Kier alpha value is -1.86. The minimum Gasteiger partial charge on any atom is -0.351 e. The molecule has 2 aromatic heterocycles. The molecule has 4 heterocycles. The molecule has 34 heavy (non-hydrogen) atoms. The number of rotatable bonds is 6. The number of nitrogens with one attached hydrogen (secondary N) is 1. The van der Waals surface area contributed by atoms with Crippen LogP contribution in [0.4, 0.5) is 0 Å². The van der Waals surface area contributed by atoms with Crippen LogP contribution in [0.2, 0.25) is 0 Å². The van der Waals surface area contributed by atoms with Crippen molar-refractivity contribution in [2.75, 3.05) is 13.1 Å². The molecule has 6 nitrogen and oxygen atoms in total. The number of piperidine rings is 1. The molecule has 5 rings (SSSR count). The summed E-state index contributed by atoms with van der Waals surface area (Å²) in [6.07, 6.45) is 10.4. The fourth-order valence-electron chi connectivity index (χ4n) is 6.54. The Bertz CT molecular complexity index is 1030. The lowest BCUT2D eigenvalue weighted by Crippen LogP contribution is -2.65. The number of hydrogen-bond donors (Lipinski definition) is 1. The van der Waals surface area contributed by atoms with E-state index in [0.29, 0.717) is 25.2 Å². The predicted octanol–water partition coefficient (Wildman–Crippen LogP) is 5.02. The Morgan fingerprint density at radius 3 is 2.56 bits per heavy atom. The lowest BCUT2D eigenvalue weighted by atomic mass is 9.91. The zero-order chi connectivity index (χ0) is 23.9. The summed E-state index contributed by atoms with van der Waals surface area (Å²) in [6, 6.07) is 5.50. The van der Waals surface area contributed by atoms with E-state index in [0.717, 1.165) is 41.7 Å². The number of likely N-dealkylation sites (tertiary alicyclic amines) is 1. The number of hydrogen-bond acceptors (Lipinski definition) is 4. The molecular formula is C27H40N4O2S. The van der Waals surface area contributed by atoms with Gasteiger partial charge in [0.15, 0.2) is 0 Å². The van der Waals surface area contributed by atoms with Gasteiger partial charge in [-0.1, -0.05) is 25.7 Å². The molecule has 3 aliphatic rings. The van der Waals surface area contributed by atoms with E-state index in [2.05, 4.69) is 40.1 Å². The molecule has 2 aliphatic heterocycles. The molecule has 0 spiro atoms. The maximum absolute atomic E-state index is 13.8. The molecule has 1 saturated heterocycles. The van der Waals surface area contributed by atoms with Crippen LogP contribution in [0.5, 0.6) is 0 Å². The molecule has 1 saturated carbocycles. The van der Waals surface area contributed by atoms with Crippen molar-refractivity contribution < 1.29 is 9.59 Å². The van der Waals surface area contributed by atoms with Crippen LogP contribution in [0.15, 0.2) is 17.5 Å². The second-order valence-electron chi connectivity index (χ2n) is 11.0. The Labute approximate surface area is 207 Å². The van der Waals surface area contributed by atoms with Gasteiger partial charge in [0, 0.05) is 31.2 Å². The zero-order valence-electron chi connectivity index (χ0n) is 21.0. The molecule has 186 valence electrons. The second-order valence-corrected chi connectivity index (χ2v) is 12.0. The van der Waals surface area contributed by atoms with Crippen LogP contribution in [0, 0.1) is 0 Å². The summed E-state index contributed by atoms with van der Waals surface area (Å²) in [5, 5.41) is 5.41. The van der Waals surface area contributed by atoms with Crippen molar-refractivity contribution in [3.05, 3.63) is 23.2 Å². The van der Waals surface area contributed by atoms with E-state index in [1.807, 2.05) is 17.9 Å². The summed E-state index contributed by atoms with van der Waals surface area (Å²) < 4.78 is 3.20. The molecule has 2 fully saturated rings. The molecule has 0 unspecified atom stereocenters. The van der Waals surface area contributed by atoms with E-state index >= 15 is 0 Å². The van der Waals surface area contributed by atoms with Crippen molar-refractivity contribution in [2.45, 2.75) is 109 Å². The normalized spacial score (nSPS) is 28.9. The van der Waals surface area contributed by atoms with Gasteiger partial charge >= 0.3 is 0 Å². The first-order chi connectivity index (χ1) is 16.4. The smallest absolute Gasteiger partial charge is 0.271 e. The van der Waals surface area contributed by atoms with Crippen molar-refractivity contribution in [3.8, 4) is 0 Å². The fourth-order valence-corrected chi connectivity index (χ4v) is 7.36. The lowest BCUT2D eigenvalue weighted by Gasteiger charge is -2.45. The number of aromatic nitrogens is 1. The third kappa shape index (κ3) is 4.30. The number of amides is 2. The molecule has 0 aromatic carbocycles. The van der Waals surface area contributed by atoms with Gasteiger partial charge in [0.1, 0.15) is 11.2 Å². The Balaban J connectivity index is 1.38. The number of thiophene rings is 1. The van der Waals surface area contributed by atoms with Crippen LogP contribution in [0.1, 0.15) is 89.0 Å². The topological polar surface area (TPSA) is 57.6 Å². The highest BCUT2D eigenvalue weighted by Crippen LogP contribution is 2.35. The standard InChI is InChI=1S/C27H40N4O2S/c1-19-9-7-10-20(2)29(19)14-8-15-31-25(32)23-17-24-22(13-16-34-24)30(23)18-27(31,3)26(33)28-21-11-5-4-6-12-21/h13,16-17,19-21H,4-12,14-15,18H2,1-3H3,(H,28,33)/t19-,20+,27-/m1/s1. The van der Waals surface area contributed by atoms with Gasteiger partial charge in [0.2, 0.25) is 5.91 Å². The van der Waals surface area contributed by atoms with E-state index in [1.165, 1.54) is 38.5 Å². The predicted molar refractivity (Wildman–Crippen MR) is 138 cm³/mol. The van der Waals surface area contributed by atoms with Crippen molar-refractivity contribution >= 4 is 33.4 Å². The van der Waals surface area contributed by atoms with Crippen LogP contribution in [-0.4, -0.2) is 62.9 Å². The first-order valence-electron chi connectivity index (χ1n) is 13.3. The first-order valence-corrected chi connectivity index (χ1v) is 14.2. The van der Waals surface area contributed by atoms with Crippen LogP contribution in [-0.2, 0) is 11.3 Å². The average Bonchev–Trinajstić information content (AvgIpc) is 3.41. The van der Waals surface area contributed by atoms with Gasteiger partial charge in [-0.05, 0) is 70.4 Å². The van der Waals surface area contributed by atoms with Gasteiger partial charge in [0.25, 0.3) is 5.91 Å².